The van der Waals surface area contributed by atoms with Crippen LogP contribution in [0, 0.1) is 30.9 Å². The van der Waals surface area contributed by atoms with E-state index in [1.165, 1.54) is 11.8 Å². The van der Waals surface area contributed by atoms with Gasteiger partial charge in [0.15, 0.2) is 6.20 Å². The molecule has 3 heterocycles. The molecular formula is C24H31N3O2. The molecule has 2 aromatic rings. The Morgan fingerprint density at radius 1 is 1.10 bits per heavy atom. The molecule has 4 rings (SSSR count). The van der Waals surface area contributed by atoms with Gasteiger partial charge in [-0.3, -0.25) is 4.79 Å². The second-order valence-corrected chi connectivity index (χ2v) is 8.88. The van der Waals surface area contributed by atoms with Gasteiger partial charge in [-0.15, -0.1) is 0 Å². The van der Waals surface area contributed by atoms with Gasteiger partial charge in [-0.2, -0.15) is 4.73 Å². The first-order valence-electron chi connectivity index (χ1n) is 10.7. The van der Waals surface area contributed by atoms with Crippen molar-refractivity contribution in [3.8, 4) is 0 Å². The number of hydrogen-bond acceptors (Lipinski definition) is 3. The third-order valence-electron chi connectivity index (χ3n) is 6.86. The summed E-state index contributed by atoms with van der Waals surface area (Å²) in [5.41, 5.74) is 3.38. The maximum Gasteiger partial charge on any atom is 0.260 e. The fourth-order valence-corrected chi connectivity index (χ4v) is 5.01. The number of carbonyl (C=O) groups excluding carboxylic acids is 1. The van der Waals surface area contributed by atoms with E-state index >= 15 is 0 Å². The van der Waals surface area contributed by atoms with Crippen LogP contribution in [0.1, 0.15) is 46.4 Å². The molecule has 3 atom stereocenters. The Balaban J connectivity index is 1.32. The molecule has 2 unspecified atom stereocenters. The van der Waals surface area contributed by atoms with Crippen molar-refractivity contribution in [2.75, 3.05) is 32.7 Å². The van der Waals surface area contributed by atoms with Crippen molar-refractivity contribution in [2.24, 2.45) is 11.8 Å². The summed E-state index contributed by atoms with van der Waals surface area (Å²) in [4.78, 5) is 17.6. The molecule has 5 heteroatoms. The van der Waals surface area contributed by atoms with E-state index in [4.69, 9.17) is 0 Å². The van der Waals surface area contributed by atoms with Crippen molar-refractivity contribution in [3.63, 3.8) is 0 Å². The molecule has 5 nitrogen and oxygen atoms in total. The molecule has 0 radical (unpaired) electrons. The van der Waals surface area contributed by atoms with Crippen molar-refractivity contribution in [2.45, 2.75) is 33.1 Å². The molecule has 0 N–H and O–H groups in total. The summed E-state index contributed by atoms with van der Waals surface area (Å²) in [6.45, 7) is 10.8. The predicted molar refractivity (Wildman–Crippen MR) is 114 cm³/mol. The van der Waals surface area contributed by atoms with E-state index in [2.05, 4.69) is 42.2 Å². The highest BCUT2D eigenvalue weighted by molar-refractivity contribution is 5.96. The molecule has 1 aromatic carbocycles. The Morgan fingerprint density at radius 2 is 1.76 bits per heavy atom. The first-order chi connectivity index (χ1) is 13.9. The fraction of sp³-hybridized carbons (Fsp3) is 0.500. The highest BCUT2D eigenvalue weighted by atomic mass is 16.5. The number of likely N-dealkylation sites (tertiary alicyclic amines) is 2. The Bertz CT molecular complexity index is 869. The number of hydrogen-bond donors (Lipinski definition) is 0. The van der Waals surface area contributed by atoms with Crippen LogP contribution in [0.25, 0.3) is 0 Å². The molecule has 0 spiro atoms. The van der Waals surface area contributed by atoms with E-state index in [1.54, 1.807) is 13.0 Å². The SMILES string of the molecule is Cc1cc[n+]([O-])c(C)c1C(=O)N1CC2CN(CC[C@H](C)c3ccccc3)CC2C1. The number of aryl methyl sites for hydroxylation is 1. The summed E-state index contributed by atoms with van der Waals surface area (Å²) in [6.07, 6.45) is 2.65. The number of rotatable bonds is 5. The maximum absolute atomic E-state index is 13.1. The van der Waals surface area contributed by atoms with Crippen LogP contribution in [0.3, 0.4) is 0 Å². The molecule has 2 saturated heterocycles. The van der Waals surface area contributed by atoms with Gasteiger partial charge in [-0.05, 0) is 48.8 Å². The zero-order valence-corrected chi connectivity index (χ0v) is 17.7. The van der Waals surface area contributed by atoms with E-state index in [0.717, 1.165) is 49.4 Å². The van der Waals surface area contributed by atoms with Gasteiger partial charge in [0.05, 0.1) is 0 Å². The van der Waals surface area contributed by atoms with Crippen LogP contribution in [0.4, 0.5) is 0 Å². The zero-order chi connectivity index (χ0) is 20.5. The van der Waals surface area contributed by atoms with Crippen LogP contribution in [0.5, 0.6) is 0 Å². The number of nitrogens with zero attached hydrogens (tertiary/aromatic N) is 3. The van der Waals surface area contributed by atoms with Gasteiger partial charge in [0.25, 0.3) is 5.91 Å². The normalized spacial score (nSPS) is 22.7. The summed E-state index contributed by atoms with van der Waals surface area (Å²) in [5.74, 6) is 1.69. The molecule has 1 amide bonds. The smallest absolute Gasteiger partial charge is 0.260 e. The number of benzene rings is 1. The van der Waals surface area contributed by atoms with Gasteiger partial charge in [0, 0.05) is 39.2 Å². The minimum atomic E-state index is 0.0175. The van der Waals surface area contributed by atoms with Crippen molar-refractivity contribution in [3.05, 3.63) is 70.2 Å². The Kier molecular flexibility index (Phi) is 5.59. The van der Waals surface area contributed by atoms with Crippen LogP contribution in [-0.2, 0) is 0 Å². The largest absolute Gasteiger partial charge is 0.618 e. The minimum absolute atomic E-state index is 0.0175. The lowest BCUT2D eigenvalue weighted by atomic mass is 9.98. The van der Waals surface area contributed by atoms with Gasteiger partial charge >= 0.3 is 0 Å². The number of pyridine rings is 1. The standard InChI is InChI=1S/C24H31N3O2/c1-17(20-7-5-4-6-8-20)9-11-25-13-21-15-26(16-22(21)14-25)24(28)23-18(2)10-12-27(29)19(23)3/h4-8,10,12,17,21-22H,9,11,13-16H2,1-3H3/t17-,21?,22?/m0/s1. The lowest BCUT2D eigenvalue weighted by molar-refractivity contribution is -0.612. The number of aromatic nitrogens is 1. The maximum atomic E-state index is 13.1. The van der Waals surface area contributed by atoms with Crippen molar-refractivity contribution in [1.29, 1.82) is 0 Å². The van der Waals surface area contributed by atoms with E-state index in [-0.39, 0.29) is 5.91 Å². The summed E-state index contributed by atoms with van der Waals surface area (Å²) in [6, 6.07) is 12.5. The Labute approximate surface area is 173 Å². The summed E-state index contributed by atoms with van der Waals surface area (Å²) >= 11 is 0. The van der Waals surface area contributed by atoms with Gasteiger partial charge in [0.1, 0.15) is 5.56 Å². The van der Waals surface area contributed by atoms with E-state index in [1.807, 2.05) is 11.8 Å². The van der Waals surface area contributed by atoms with E-state index < -0.39 is 0 Å². The van der Waals surface area contributed by atoms with Crippen LogP contribution in [0.2, 0.25) is 0 Å². The van der Waals surface area contributed by atoms with E-state index in [0.29, 0.717) is 29.0 Å². The predicted octanol–water partition coefficient (Wildman–Crippen LogP) is 3.13. The number of carbonyl (C=O) groups is 1. The number of fused-ring (bicyclic) bond motifs is 1. The molecular weight excluding hydrogens is 362 g/mol. The number of amides is 1. The first-order valence-corrected chi connectivity index (χ1v) is 10.7. The van der Waals surface area contributed by atoms with Crippen molar-refractivity contribution >= 4 is 5.91 Å². The monoisotopic (exact) mass is 393 g/mol. The van der Waals surface area contributed by atoms with Gasteiger partial charge in [0.2, 0.25) is 5.69 Å². The van der Waals surface area contributed by atoms with Crippen LogP contribution >= 0.6 is 0 Å². The second-order valence-electron chi connectivity index (χ2n) is 8.88. The summed E-state index contributed by atoms with van der Waals surface area (Å²) in [7, 11) is 0. The van der Waals surface area contributed by atoms with Gasteiger partial charge in [-0.25, -0.2) is 0 Å². The third kappa shape index (κ3) is 4.01. The average Bonchev–Trinajstić information content (AvgIpc) is 3.28. The zero-order valence-electron chi connectivity index (χ0n) is 17.7. The first kappa shape index (κ1) is 19.9. The van der Waals surface area contributed by atoms with Crippen LogP contribution in [0.15, 0.2) is 42.6 Å². The van der Waals surface area contributed by atoms with Gasteiger partial charge in [-0.1, -0.05) is 37.3 Å². The van der Waals surface area contributed by atoms with Crippen LogP contribution in [-0.4, -0.2) is 48.4 Å². The molecule has 2 aliphatic rings. The Hall–Kier alpha value is -2.40. The molecule has 1 aromatic heterocycles. The fourth-order valence-electron chi connectivity index (χ4n) is 5.01. The Morgan fingerprint density at radius 3 is 2.41 bits per heavy atom. The van der Waals surface area contributed by atoms with Crippen molar-refractivity contribution < 1.29 is 9.52 Å². The second kappa shape index (κ2) is 8.15. The quantitative estimate of drug-likeness (QED) is 0.579. The lowest BCUT2D eigenvalue weighted by Crippen LogP contribution is -2.38. The lowest BCUT2D eigenvalue weighted by Gasteiger charge is -2.23. The highest BCUT2D eigenvalue weighted by Crippen LogP contribution is 2.33. The molecule has 0 aliphatic carbocycles. The minimum Gasteiger partial charge on any atom is -0.618 e. The highest BCUT2D eigenvalue weighted by Gasteiger charge is 2.42. The third-order valence-corrected chi connectivity index (χ3v) is 6.86. The average molecular weight is 394 g/mol. The van der Waals surface area contributed by atoms with Crippen LogP contribution < -0.4 is 4.73 Å². The molecule has 0 bridgehead atoms. The molecule has 2 aliphatic heterocycles. The molecule has 0 saturated carbocycles. The van der Waals surface area contributed by atoms with Gasteiger partial charge < -0.3 is 15.0 Å². The van der Waals surface area contributed by atoms with E-state index in [9.17, 15) is 10.0 Å². The molecule has 29 heavy (non-hydrogen) atoms. The summed E-state index contributed by atoms with van der Waals surface area (Å²) in [5, 5.41) is 11.9. The topological polar surface area (TPSA) is 50.5 Å². The molecule has 154 valence electrons. The summed E-state index contributed by atoms with van der Waals surface area (Å²) < 4.78 is 0.798. The van der Waals surface area contributed by atoms with Crippen molar-refractivity contribution in [1.82, 2.24) is 9.80 Å². The molecule has 2 fully saturated rings.